The van der Waals surface area contributed by atoms with E-state index in [9.17, 15) is 23.1 Å². The van der Waals surface area contributed by atoms with E-state index >= 15 is 0 Å². The minimum absolute atomic E-state index is 0.00201. The second-order valence-electron chi connectivity index (χ2n) is 8.79. The quantitative estimate of drug-likeness (QED) is 0.494. The third-order valence-corrected chi connectivity index (χ3v) is 8.03. The van der Waals surface area contributed by atoms with E-state index in [-0.39, 0.29) is 29.5 Å². The van der Waals surface area contributed by atoms with Crippen molar-refractivity contribution in [1.82, 2.24) is 9.21 Å². The number of aromatic carboxylic acids is 1. The predicted octanol–water partition coefficient (Wildman–Crippen LogP) is 1.62. The summed E-state index contributed by atoms with van der Waals surface area (Å²) in [4.78, 5) is 25.5. The third kappa shape index (κ3) is 6.17. The second-order valence-corrected chi connectivity index (χ2v) is 10.7. The number of likely N-dealkylation sites (tertiary alicyclic amines) is 1. The largest absolute Gasteiger partial charge is 0.486 e. The van der Waals surface area contributed by atoms with Crippen LogP contribution < -0.4 is 10.1 Å². The topological polar surface area (TPSA) is 136 Å². The van der Waals surface area contributed by atoms with Gasteiger partial charge in [-0.3, -0.25) is 9.69 Å². The molecule has 3 N–H and O–H groups in total. The molecule has 2 atom stereocenters. The maximum atomic E-state index is 12.9. The monoisotopic (exact) mass is 503 g/mol. The molecule has 0 radical (unpaired) electrons. The summed E-state index contributed by atoms with van der Waals surface area (Å²) < 4.78 is 33.1. The molecule has 2 fully saturated rings. The highest BCUT2D eigenvalue weighted by molar-refractivity contribution is 7.89. The lowest BCUT2D eigenvalue weighted by molar-refractivity contribution is -0.117. The van der Waals surface area contributed by atoms with Gasteiger partial charge in [0.15, 0.2) is 0 Å². The van der Waals surface area contributed by atoms with Gasteiger partial charge in [-0.25, -0.2) is 13.2 Å². The fourth-order valence-corrected chi connectivity index (χ4v) is 5.88. The van der Waals surface area contributed by atoms with Crippen molar-refractivity contribution in [2.24, 2.45) is 0 Å². The van der Waals surface area contributed by atoms with Crippen molar-refractivity contribution in [3.8, 4) is 5.75 Å². The number of β-amino-alcohol motifs (C(OH)–C–C–N with tert-alkyl or cyclic N) is 1. The number of ether oxygens (including phenoxy) is 1. The zero-order valence-corrected chi connectivity index (χ0v) is 20.0. The second kappa shape index (κ2) is 10.7. The smallest absolute Gasteiger partial charge is 0.335 e. The summed E-state index contributed by atoms with van der Waals surface area (Å²) in [6.45, 7) is 1.54. The number of hydrogen-bond donors (Lipinski definition) is 3. The molecule has 0 aliphatic carbocycles. The van der Waals surface area contributed by atoms with Gasteiger partial charge in [0.1, 0.15) is 18.0 Å². The number of sulfonamides is 1. The van der Waals surface area contributed by atoms with Crippen LogP contribution in [0.3, 0.4) is 0 Å². The van der Waals surface area contributed by atoms with E-state index in [1.54, 1.807) is 17.0 Å². The maximum Gasteiger partial charge on any atom is 0.335 e. The van der Waals surface area contributed by atoms with Gasteiger partial charge in [-0.2, -0.15) is 4.31 Å². The van der Waals surface area contributed by atoms with Crippen LogP contribution in [-0.4, -0.2) is 84.6 Å². The van der Waals surface area contributed by atoms with Gasteiger partial charge in [0.2, 0.25) is 15.9 Å². The Bertz CT molecular complexity index is 1160. The van der Waals surface area contributed by atoms with Gasteiger partial charge in [0, 0.05) is 31.9 Å². The number of piperidine rings is 1. The molecule has 2 aromatic carbocycles. The summed E-state index contributed by atoms with van der Waals surface area (Å²) in [6.07, 6.45) is 1.32. The van der Waals surface area contributed by atoms with Gasteiger partial charge in [0.25, 0.3) is 0 Å². The van der Waals surface area contributed by atoms with E-state index in [4.69, 9.17) is 9.84 Å². The molecule has 0 aromatic heterocycles. The summed E-state index contributed by atoms with van der Waals surface area (Å²) in [6, 6.07) is 12.1. The number of nitrogens with one attached hydrogen (secondary N) is 1. The van der Waals surface area contributed by atoms with Crippen molar-refractivity contribution in [2.45, 2.75) is 36.4 Å². The first-order valence-electron chi connectivity index (χ1n) is 11.5. The standard InChI is InChI=1S/C24H29N3O7S/c28-21-14-26(15-22(21)34-19-9-7-17(8-10-19)24(30)31)16-23(29)25-18-5-4-6-20(13-18)35(32,33)27-11-2-1-3-12-27/h4-10,13,21-22,28H,1-3,11-12,14-16H2,(H,25,29)(H,30,31)/t21-,22-/m1/s1. The number of carbonyl (C=O) groups is 2. The van der Waals surface area contributed by atoms with E-state index < -0.39 is 28.2 Å². The number of carboxylic acid groups (broad SMARTS) is 1. The highest BCUT2D eigenvalue weighted by Gasteiger charge is 2.34. The summed E-state index contributed by atoms with van der Waals surface area (Å²) in [7, 11) is -3.61. The van der Waals surface area contributed by atoms with E-state index in [0.29, 0.717) is 31.1 Å². The molecular formula is C24H29N3O7S. The average Bonchev–Trinajstić information content (AvgIpc) is 3.18. The van der Waals surface area contributed by atoms with Crippen molar-refractivity contribution in [3.63, 3.8) is 0 Å². The number of carbonyl (C=O) groups excluding carboxylic acids is 1. The molecule has 188 valence electrons. The van der Waals surface area contributed by atoms with Crippen molar-refractivity contribution < 1.29 is 33.0 Å². The molecular weight excluding hydrogens is 474 g/mol. The van der Waals surface area contributed by atoms with Crippen molar-refractivity contribution in [1.29, 1.82) is 0 Å². The zero-order chi connectivity index (χ0) is 25.0. The van der Waals surface area contributed by atoms with Crippen LogP contribution in [0.4, 0.5) is 5.69 Å². The Kier molecular flexibility index (Phi) is 7.70. The SMILES string of the molecule is O=C(CN1C[C@@H](O)[C@H](Oc2ccc(C(=O)O)cc2)C1)Nc1cccc(S(=O)(=O)N2CCCCC2)c1. The molecule has 35 heavy (non-hydrogen) atoms. The van der Waals surface area contributed by atoms with Gasteiger partial charge in [0.05, 0.1) is 17.0 Å². The third-order valence-electron chi connectivity index (χ3n) is 6.14. The van der Waals surface area contributed by atoms with Crippen molar-refractivity contribution in [2.75, 3.05) is 38.0 Å². The number of aliphatic hydroxyl groups excluding tert-OH is 1. The number of rotatable bonds is 8. The number of anilines is 1. The summed E-state index contributed by atoms with van der Waals surface area (Å²) in [5, 5.41) is 22.1. The molecule has 11 heteroatoms. The number of carboxylic acids is 1. The Balaban J connectivity index is 1.32. The predicted molar refractivity (Wildman–Crippen MR) is 128 cm³/mol. The Hall–Kier alpha value is -2.99. The Morgan fingerprint density at radius 2 is 1.74 bits per heavy atom. The Labute approximate surface area is 204 Å². The Morgan fingerprint density at radius 1 is 1.03 bits per heavy atom. The molecule has 2 heterocycles. The van der Waals surface area contributed by atoms with Crippen LogP contribution in [0.15, 0.2) is 53.4 Å². The summed E-state index contributed by atoms with van der Waals surface area (Å²) in [5.74, 6) is -0.947. The lowest BCUT2D eigenvalue weighted by atomic mass is 10.2. The Morgan fingerprint density at radius 3 is 2.43 bits per heavy atom. The zero-order valence-electron chi connectivity index (χ0n) is 19.2. The van der Waals surface area contributed by atoms with Gasteiger partial charge in [-0.15, -0.1) is 0 Å². The summed E-state index contributed by atoms with van der Waals surface area (Å²) in [5.41, 5.74) is 0.523. The van der Waals surface area contributed by atoms with Gasteiger partial charge >= 0.3 is 5.97 Å². The van der Waals surface area contributed by atoms with Crippen LogP contribution in [0.1, 0.15) is 29.6 Å². The number of hydrogen-bond acceptors (Lipinski definition) is 7. The highest BCUT2D eigenvalue weighted by atomic mass is 32.2. The van der Waals surface area contributed by atoms with E-state index in [0.717, 1.165) is 19.3 Å². The lowest BCUT2D eigenvalue weighted by Crippen LogP contribution is -2.35. The minimum Gasteiger partial charge on any atom is -0.486 e. The number of aliphatic hydroxyl groups is 1. The fourth-order valence-electron chi connectivity index (χ4n) is 4.32. The number of amides is 1. The van der Waals surface area contributed by atoms with Crippen LogP contribution in [0.5, 0.6) is 5.75 Å². The lowest BCUT2D eigenvalue weighted by Gasteiger charge is -2.26. The van der Waals surface area contributed by atoms with Crippen molar-refractivity contribution in [3.05, 3.63) is 54.1 Å². The molecule has 2 aliphatic rings. The van der Waals surface area contributed by atoms with Crippen LogP contribution in [0, 0.1) is 0 Å². The number of nitrogens with zero attached hydrogens (tertiary/aromatic N) is 2. The molecule has 1 amide bonds. The fraction of sp³-hybridized carbons (Fsp3) is 0.417. The molecule has 0 unspecified atom stereocenters. The van der Waals surface area contributed by atoms with Crippen LogP contribution >= 0.6 is 0 Å². The van der Waals surface area contributed by atoms with Crippen molar-refractivity contribution >= 4 is 27.6 Å². The van der Waals surface area contributed by atoms with E-state index in [2.05, 4.69) is 5.32 Å². The van der Waals surface area contributed by atoms with Gasteiger partial charge in [-0.05, 0) is 55.3 Å². The van der Waals surface area contributed by atoms with Crippen LogP contribution in [0.2, 0.25) is 0 Å². The maximum absolute atomic E-state index is 12.9. The highest BCUT2D eigenvalue weighted by Crippen LogP contribution is 2.23. The van der Waals surface area contributed by atoms with Gasteiger partial charge < -0.3 is 20.3 Å². The molecule has 2 aliphatic heterocycles. The summed E-state index contributed by atoms with van der Waals surface area (Å²) >= 11 is 0. The average molecular weight is 504 g/mol. The minimum atomic E-state index is -3.61. The molecule has 0 bridgehead atoms. The molecule has 2 aromatic rings. The van der Waals surface area contributed by atoms with E-state index in [1.165, 1.54) is 40.7 Å². The molecule has 4 rings (SSSR count). The first-order chi connectivity index (χ1) is 16.7. The van der Waals surface area contributed by atoms with Gasteiger partial charge in [-0.1, -0.05) is 12.5 Å². The molecule has 0 saturated carbocycles. The van der Waals surface area contributed by atoms with Crippen LogP contribution in [-0.2, 0) is 14.8 Å². The molecule has 0 spiro atoms. The van der Waals surface area contributed by atoms with E-state index in [1.807, 2.05) is 0 Å². The van der Waals surface area contributed by atoms with Crippen LogP contribution in [0.25, 0.3) is 0 Å². The molecule has 10 nitrogen and oxygen atoms in total. The first kappa shape index (κ1) is 25.1. The number of benzene rings is 2. The first-order valence-corrected chi connectivity index (χ1v) is 13.0. The normalized spacial score (nSPS) is 21.5. The molecule has 2 saturated heterocycles.